The Bertz CT molecular complexity index is 397. The van der Waals surface area contributed by atoms with E-state index in [0.717, 1.165) is 31.0 Å². The molecule has 3 saturated carbocycles. The van der Waals surface area contributed by atoms with E-state index in [0.29, 0.717) is 24.5 Å². The summed E-state index contributed by atoms with van der Waals surface area (Å²) in [6, 6.07) is 0.274. The van der Waals surface area contributed by atoms with Gasteiger partial charge in [0.25, 0.3) is 0 Å². The summed E-state index contributed by atoms with van der Waals surface area (Å²) in [4.78, 5) is 11.8. The average molecular weight is 519 g/mol. The molecule has 0 radical (unpaired) electrons. The van der Waals surface area contributed by atoms with Crippen LogP contribution in [0.25, 0.3) is 0 Å². The first-order valence-electron chi connectivity index (χ1n) is 11.5. The predicted molar refractivity (Wildman–Crippen MR) is 151 cm³/mol. The molecule has 3 fully saturated rings. The van der Waals surface area contributed by atoms with Gasteiger partial charge in [-0.05, 0) is 70.8 Å². The van der Waals surface area contributed by atoms with Crippen molar-refractivity contribution in [3.8, 4) is 0 Å². The van der Waals surface area contributed by atoms with Crippen LogP contribution < -0.4 is 5.73 Å². The number of nitrogens with two attached hydrogens (primary N) is 1. The zero-order valence-electron chi connectivity index (χ0n) is 20.8. The second kappa shape index (κ2) is 24.6. The molecule has 3 atom stereocenters. The van der Waals surface area contributed by atoms with Crippen LogP contribution in [0.15, 0.2) is 0 Å². The Kier molecular flexibility index (Phi) is 30.6. The van der Waals surface area contributed by atoms with Crippen molar-refractivity contribution in [1.82, 2.24) is 4.90 Å². The van der Waals surface area contributed by atoms with Crippen LogP contribution in [-0.4, -0.2) is 72.0 Å². The lowest BCUT2D eigenvalue weighted by Gasteiger charge is -2.22. The molecule has 0 aromatic carbocycles. The van der Waals surface area contributed by atoms with Gasteiger partial charge in [0.2, 0.25) is 0 Å². The quantitative estimate of drug-likeness (QED) is 0.331. The lowest BCUT2D eigenvalue weighted by Crippen LogP contribution is -2.33. The Hall–Kier alpha value is 0.520. The highest BCUT2D eigenvalue weighted by Gasteiger charge is 2.24. The third-order valence-corrected chi connectivity index (χ3v) is 5.44. The number of carbonyl (C=O) groups is 1. The fourth-order valence-corrected chi connectivity index (χ4v) is 2.28. The van der Waals surface area contributed by atoms with Gasteiger partial charge in [-0.2, -0.15) is 40.5 Å². The van der Waals surface area contributed by atoms with E-state index in [1.54, 1.807) is 6.92 Å². The molecule has 0 spiro atoms. The summed E-state index contributed by atoms with van der Waals surface area (Å²) in [5.41, 5.74) is 5.04. The van der Waals surface area contributed by atoms with Gasteiger partial charge in [0, 0.05) is 31.2 Å². The maximum Gasteiger partial charge on any atom is 0.123 e. The summed E-state index contributed by atoms with van der Waals surface area (Å²) in [5, 5.41) is 25.5. The van der Waals surface area contributed by atoms with Crippen LogP contribution in [-0.2, 0) is 4.79 Å². The van der Waals surface area contributed by atoms with Crippen molar-refractivity contribution in [3.05, 3.63) is 0 Å². The van der Waals surface area contributed by atoms with Gasteiger partial charge in [-0.25, -0.2) is 0 Å². The van der Waals surface area contributed by atoms with Crippen LogP contribution in [0.3, 0.4) is 0 Å². The summed E-state index contributed by atoms with van der Waals surface area (Å²) in [7, 11) is 2.08. The van der Waals surface area contributed by atoms with E-state index in [4.69, 9.17) is 21.1 Å². The smallest absolute Gasteiger partial charge is 0.123 e. The Labute approximate surface area is 218 Å². The highest BCUT2D eigenvalue weighted by Crippen LogP contribution is 2.34. The van der Waals surface area contributed by atoms with Crippen molar-refractivity contribution >= 4 is 46.8 Å². The topological polar surface area (TPSA) is 107 Å². The summed E-state index contributed by atoms with van der Waals surface area (Å²) in [6.45, 7) is 7.82. The van der Waals surface area contributed by atoms with Crippen molar-refractivity contribution in [2.75, 3.05) is 33.4 Å². The van der Waals surface area contributed by atoms with Crippen LogP contribution in [0.4, 0.5) is 0 Å². The molecule has 0 bridgehead atoms. The standard InChI is InChI=1S/C8H17NO.C8H16O.C4H6O.C3H9NO.3H2S/c1-7(6-10)9(2)5-8-3-4-8;1-7(6-9)2-3-8-4-5-8;5-3-4-1-2-4;1-3(4)2-5;;;/h7-8,10H,3-6H2,1-2H3;7-9H,2-6H2,1H3;3-4H,1-2H2;3,5H,2,4H2,1H3;3*1H2/t2*7-;;3-;;;/m01.0.../s1. The highest BCUT2D eigenvalue weighted by molar-refractivity contribution is 7.59. The molecule has 0 aromatic rings. The molecule has 3 aliphatic carbocycles. The van der Waals surface area contributed by atoms with Gasteiger partial charge in [-0.1, -0.05) is 26.2 Å². The summed E-state index contributed by atoms with van der Waals surface area (Å²) < 4.78 is 0. The largest absolute Gasteiger partial charge is 0.396 e. The molecule has 9 heteroatoms. The first-order chi connectivity index (χ1) is 13.8. The molecule has 6 nitrogen and oxygen atoms in total. The highest BCUT2D eigenvalue weighted by atomic mass is 32.1. The first-order valence-corrected chi connectivity index (χ1v) is 11.5. The maximum absolute atomic E-state index is 9.57. The molecule has 0 heterocycles. The van der Waals surface area contributed by atoms with Crippen molar-refractivity contribution in [2.45, 2.75) is 84.2 Å². The number of hydrogen-bond donors (Lipinski definition) is 4. The van der Waals surface area contributed by atoms with Gasteiger partial charge < -0.3 is 30.7 Å². The zero-order chi connectivity index (χ0) is 22.2. The van der Waals surface area contributed by atoms with Crippen molar-refractivity contribution in [3.63, 3.8) is 0 Å². The minimum Gasteiger partial charge on any atom is -0.396 e. The van der Waals surface area contributed by atoms with E-state index in [-0.39, 0.29) is 59.7 Å². The molecular weight excluding hydrogens is 464 g/mol. The van der Waals surface area contributed by atoms with Crippen LogP contribution in [0, 0.1) is 23.7 Å². The molecule has 5 N–H and O–H groups in total. The van der Waals surface area contributed by atoms with Gasteiger partial charge in [-0.15, -0.1) is 0 Å². The molecule has 198 valence electrons. The van der Waals surface area contributed by atoms with Crippen molar-refractivity contribution in [2.24, 2.45) is 29.4 Å². The zero-order valence-corrected chi connectivity index (χ0v) is 23.8. The lowest BCUT2D eigenvalue weighted by molar-refractivity contribution is -0.108. The van der Waals surface area contributed by atoms with E-state index in [1.807, 2.05) is 0 Å². The normalized spacial score (nSPS) is 18.8. The lowest BCUT2D eigenvalue weighted by atomic mass is 10.1. The Morgan fingerprint density at radius 2 is 1.34 bits per heavy atom. The molecule has 0 aromatic heterocycles. The number of likely N-dealkylation sites (N-methyl/N-ethyl adjacent to an activating group) is 1. The third-order valence-electron chi connectivity index (χ3n) is 5.44. The van der Waals surface area contributed by atoms with E-state index < -0.39 is 0 Å². The second-order valence-corrected chi connectivity index (χ2v) is 9.36. The van der Waals surface area contributed by atoms with Crippen LogP contribution in [0.5, 0.6) is 0 Å². The number of nitrogens with zero attached hydrogens (tertiary/aromatic N) is 1. The minimum absolute atomic E-state index is 0. The molecule has 0 amide bonds. The second-order valence-electron chi connectivity index (χ2n) is 9.36. The number of carbonyl (C=O) groups excluding carboxylic acids is 1. The number of aliphatic hydroxyl groups excluding tert-OH is 3. The summed E-state index contributed by atoms with van der Waals surface area (Å²) in [5.74, 6) is 2.94. The third kappa shape index (κ3) is 28.6. The summed E-state index contributed by atoms with van der Waals surface area (Å²) >= 11 is 0. The van der Waals surface area contributed by atoms with E-state index in [1.165, 1.54) is 45.1 Å². The molecule has 3 rings (SSSR count). The van der Waals surface area contributed by atoms with Gasteiger partial charge >= 0.3 is 0 Å². The number of aldehydes is 1. The van der Waals surface area contributed by atoms with Crippen LogP contribution >= 0.6 is 40.5 Å². The molecule has 0 saturated heterocycles. The van der Waals surface area contributed by atoms with Crippen LogP contribution in [0.1, 0.15) is 72.1 Å². The Morgan fingerprint density at radius 1 is 0.875 bits per heavy atom. The van der Waals surface area contributed by atoms with Gasteiger partial charge in [0.1, 0.15) is 6.29 Å². The van der Waals surface area contributed by atoms with E-state index in [9.17, 15) is 4.79 Å². The molecular formula is C23H54N2O4S3. The predicted octanol–water partition coefficient (Wildman–Crippen LogP) is 2.77. The maximum atomic E-state index is 9.57. The van der Waals surface area contributed by atoms with Gasteiger partial charge in [-0.3, -0.25) is 0 Å². The number of rotatable bonds is 10. The van der Waals surface area contributed by atoms with Crippen LogP contribution in [0.2, 0.25) is 0 Å². The van der Waals surface area contributed by atoms with E-state index in [2.05, 4.69) is 25.8 Å². The van der Waals surface area contributed by atoms with Gasteiger partial charge in [0.05, 0.1) is 13.2 Å². The minimum atomic E-state index is -0.0602. The number of aliphatic hydroxyl groups is 3. The Morgan fingerprint density at radius 3 is 1.59 bits per heavy atom. The fourth-order valence-electron chi connectivity index (χ4n) is 2.28. The molecule has 32 heavy (non-hydrogen) atoms. The SMILES string of the molecule is C[C@@H](CO)CCC1CC1.C[C@@H](CO)N(C)CC1CC1.C[C@H](N)CO.O=CC1CC1.S.S.S. The van der Waals surface area contributed by atoms with Crippen molar-refractivity contribution in [1.29, 1.82) is 0 Å². The summed E-state index contributed by atoms with van der Waals surface area (Å²) in [6.07, 6.45) is 11.6. The Balaban J connectivity index is -0.000000165. The number of hydrogen-bond acceptors (Lipinski definition) is 6. The molecule has 0 aliphatic heterocycles. The molecule has 3 aliphatic rings. The van der Waals surface area contributed by atoms with Gasteiger partial charge in [0.15, 0.2) is 0 Å². The molecule has 0 unspecified atom stereocenters. The van der Waals surface area contributed by atoms with E-state index >= 15 is 0 Å². The fraction of sp³-hybridized carbons (Fsp3) is 0.957. The average Bonchev–Trinajstić information content (AvgIpc) is 3.58. The van der Waals surface area contributed by atoms with Crippen molar-refractivity contribution < 1.29 is 20.1 Å². The monoisotopic (exact) mass is 518 g/mol. The first kappa shape index (κ1) is 39.7.